The number of fused-ring (bicyclic) bond motifs is 1. The Labute approximate surface area is 104 Å². The van der Waals surface area contributed by atoms with Gasteiger partial charge in [0.2, 0.25) is 0 Å². The summed E-state index contributed by atoms with van der Waals surface area (Å²) in [6.07, 6.45) is -2.50. The van der Waals surface area contributed by atoms with Crippen molar-refractivity contribution in [3.05, 3.63) is 36.2 Å². The molecule has 2 rings (SSSR count). The number of carboxylic acid groups (broad SMARTS) is 1. The van der Waals surface area contributed by atoms with E-state index in [4.69, 9.17) is 5.11 Å². The Morgan fingerprint density at radius 3 is 2.53 bits per heavy atom. The Morgan fingerprint density at radius 2 is 1.95 bits per heavy atom. The summed E-state index contributed by atoms with van der Waals surface area (Å²) in [6.45, 7) is 0. The maximum absolute atomic E-state index is 12.2. The molecule has 2 N–H and O–H groups in total. The molecule has 0 saturated heterocycles. The number of rotatable bonds is 2. The molecule has 0 fully saturated rings. The molecule has 100 valence electrons. The van der Waals surface area contributed by atoms with E-state index in [0.717, 1.165) is 6.20 Å². The van der Waals surface area contributed by atoms with E-state index < -0.39 is 29.3 Å². The lowest BCUT2D eigenvalue weighted by Gasteiger charge is -2.06. The van der Waals surface area contributed by atoms with Crippen LogP contribution in [0, 0.1) is 0 Å². The van der Waals surface area contributed by atoms with Gasteiger partial charge >= 0.3 is 18.1 Å². The average molecular weight is 272 g/mol. The number of anilines is 1. The van der Waals surface area contributed by atoms with Gasteiger partial charge in [-0.2, -0.15) is 13.2 Å². The Morgan fingerprint density at radius 1 is 1.26 bits per heavy atom. The Balaban J connectivity index is 2.51. The predicted molar refractivity (Wildman–Crippen MR) is 59.0 cm³/mol. The third-order valence-corrected chi connectivity index (χ3v) is 2.40. The number of carbonyl (C=O) groups is 2. The zero-order valence-electron chi connectivity index (χ0n) is 9.23. The van der Waals surface area contributed by atoms with E-state index in [0.29, 0.717) is 0 Å². The number of nitrogens with zero attached hydrogens (tertiary/aromatic N) is 1. The second-order valence-electron chi connectivity index (χ2n) is 3.67. The van der Waals surface area contributed by atoms with Crippen LogP contribution in [0.3, 0.4) is 0 Å². The third kappa shape index (κ3) is 2.37. The SMILES string of the molecule is O=C(O)c1c(NC(=O)C(F)(F)F)cn2ccccc12. The van der Waals surface area contributed by atoms with Crippen molar-refractivity contribution in [2.75, 3.05) is 5.32 Å². The number of aromatic nitrogens is 1. The summed E-state index contributed by atoms with van der Waals surface area (Å²) in [5.41, 5.74) is -0.605. The number of nitrogens with one attached hydrogen (secondary N) is 1. The van der Waals surface area contributed by atoms with Gasteiger partial charge in [0.25, 0.3) is 0 Å². The van der Waals surface area contributed by atoms with Crippen LogP contribution in [-0.2, 0) is 4.79 Å². The predicted octanol–water partition coefficient (Wildman–Crippen LogP) is 2.14. The summed E-state index contributed by atoms with van der Waals surface area (Å²) in [5.74, 6) is -3.64. The van der Waals surface area contributed by atoms with E-state index in [-0.39, 0.29) is 5.52 Å². The first-order chi connectivity index (χ1) is 8.80. The number of hydrogen-bond donors (Lipinski definition) is 2. The van der Waals surface area contributed by atoms with E-state index in [1.54, 1.807) is 11.4 Å². The minimum atomic E-state index is -5.08. The highest BCUT2D eigenvalue weighted by molar-refractivity contribution is 6.07. The number of alkyl halides is 3. The highest BCUT2D eigenvalue weighted by atomic mass is 19.4. The fraction of sp³-hybridized carbons (Fsp3) is 0.0909. The second kappa shape index (κ2) is 4.30. The number of amides is 1. The van der Waals surface area contributed by atoms with Crippen molar-refractivity contribution in [2.45, 2.75) is 6.18 Å². The molecular weight excluding hydrogens is 265 g/mol. The monoisotopic (exact) mass is 272 g/mol. The third-order valence-electron chi connectivity index (χ3n) is 2.40. The lowest BCUT2D eigenvalue weighted by molar-refractivity contribution is -0.167. The van der Waals surface area contributed by atoms with Crippen LogP contribution >= 0.6 is 0 Å². The number of carboxylic acids is 1. The van der Waals surface area contributed by atoms with Crippen LogP contribution < -0.4 is 5.32 Å². The van der Waals surface area contributed by atoms with Crippen LogP contribution in [0.4, 0.5) is 18.9 Å². The number of aromatic carboxylic acids is 1. The first-order valence-corrected chi connectivity index (χ1v) is 5.02. The molecule has 8 heteroatoms. The summed E-state index contributed by atoms with van der Waals surface area (Å²) in [5, 5.41) is 10.6. The fourth-order valence-electron chi connectivity index (χ4n) is 1.63. The molecule has 0 aliphatic carbocycles. The van der Waals surface area contributed by atoms with Gasteiger partial charge in [0, 0.05) is 12.4 Å². The molecular formula is C11H7F3N2O3. The van der Waals surface area contributed by atoms with Crippen LogP contribution in [0.1, 0.15) is 10.4 Å². The van der Waals surface area contributed by atoms with E-state index in [1.165, 1.54) is 22.7 Å². The van der Waals surface area contributed by atoms with Crippen molar-refractivity contribution in [3.8, 4) is 0 Å². The minimum absolute atomic E-state index is 0.187. The van der Waals surface area contributed by atoms with Gasteiger partial charge < -0.3 is 14.8 Å². The van der Waals surface area contributed by atoms with Gasteiger partial charge in [0.1, 0.15) is 5.56 Å². The van der Waals surface area contributed by atoms with Crippen molar-refractivity contribution in [3.63, 3.8) is 0 Å². The summed E-state index contributed by atoms with van der Waals surface area (Å²) >= 11 is 0. The molecule has 0 unspecified atom stereocenters. The molecule has 2 aromatic rings. The smallest absolute Gasteiger partial charge is 0.471 e. The summed E-state index contributed by atoms with van der Waals surface area (Å²) in [7, 11) is 0. The largest absolute Gasteiger partial charge is 0.478 e. The maximum Gasteiger partial charge on any atom is 0.471 e. The zero-order chi connectivity index (χ0) is 14.2. The van der Waals surface area contributed by atoms with Gasteiger partial charge in [-0.25, -0.2) is 4.79 Å². The van der Waals surface area contributed by atoms with Crippen molar-refractivity contribution < 1.29 is 27.9 Å². The van der Waals surface area contributed by atoms with Gasteiger partial charge in [-0.05, 0) is 12.1 Å². The van der Waals surface area contributed by atoms with Gasteiger partial charge in [0.15, 0.2) is 0 Å². The standard InChI is InChI=1S/C11H7F3N2O3/c12-11(13,14)10(19)15-6-5-16-4-2-1-3-7(16)8(6)9(17)18/h1-5H,(H,15,19)(H,17,18). The zero-order valence-corrected chi connectivity index (χ0v) is 9.23. The van der Waals surface area contributed by atoms with Crippen LogP contribution in [0.15, 0.2) is 30.6 Å². The molecule has 19 heavy (non-hydrogen) atoms. The van der Waals surface area contributed by atoms with Crippen LogP contribution in [-0.4, -0.2) is 27.6 Å². The van der Waals surface area contributed by atoms with Gasteiger partial charge in [0.05, 0.1) is 11.2 Å². The number of halogens is 3. The number of pyridine rings is 1. The van der Waals surface area contributed by atoms with E-state index in [2.05, 4.69) is 0 Å². The molecule has 0 bridgehead atoms. The first kappa shape index (κ1) is 12.9. The lowest BCUT2D eigenvalue weighted by atomic mass is 10.2. The lowest BCUT2D eigenvalue weighted by Crippen LogP contribution is -2.30. The molecule has 2 heterocycles. The van der Waals surface area contributed by atoms with Crippen LogP contribution in [0.5, 0.6) is 0 Å². The van der Waals surface area contributed by atoms with Crippen molar-refractivity contribution >= 4 is 23.1 Å². The van der Waals surface area contributed by atoms with Gasteiger partial charge in [-0.3, -0.25) is 4.79 Å². The molecule has 0 spiro atoms. The van der Waals surface area contributed by atoms with Crippen LogP contribution in [0.25, 0.3) is 5.52 Å². The molecule has 0 radical (unpaired) electrons. The molecule has 5 nitrogen and oxygen atoms in total. The first-order valence-electron chi connectivity index (χ1n) is 5.02. The van der Waals surface area contributed by atoms with E-state index in [1.807, 2.05) is 0 Å². The molecule has 1 amide bonds. The average Bonchev–Trinajstić information content (AvgIpc) is 2.65. The molecule has 0 aromatic carbocycles. The molecule has 0 atom stereocenters. The number of hydrogen-bond acceptors (Lipinski definition) is 2. The number of carbonyl (C=O) groups excluding carboxylic acids is 1. The van der Waals surface area contributed by atoms with Gasteiger partial charge in [-0.15, -0.1) is 0 Å². The maximum atomic E-state index is 12.2. The minimum Gasteiger partial charge on any atom is -0.478 e. The molecule has 0 saturated carbocycles. The Hall–Kier alpha value is -2.51. The van der Waals surface area contributed by atoms with Crippen molar-refractivity contribution in [2.24, 2.45) is 0 Å². The highest BCUT2D eigenvalue weighted by Gasteiger charge is 2.39. The highest BCUT2D eigenvalue weighted by Crippen LogP contribution is 2.25. The quantitative estimate of drug-likeness (QED) is 0.879. The summed E-state index contributed by atoms with van der Waals surface area (Å²) in [4.78, 5) is 21.9. The molecule has 2 aromatic heterocycles. The Bertz CT molecular complexity index is 661. The van der Waals surface area contributed by atoms with Crippen molar-refractivity contribution in [1.29, 1.82) is 0 Å². The Kier molecular flexibility index (Phi) is 2.93. The normalized spacial score (nSPS) is 11.5. The van der Waals surface area contributed by atoms with E-state index >= 15 is 0 Å². The van der Waals surface area contributed by atoms with Crippen molar-refractivity contribution in [1.82, 2.24) is 4.40 Å². The van der Waals surface area contributed by atoms with Gasteiger partial charge in [-0.1, -0.05) is 6.07 Å². The molecule has 0 aliphatic heterocycles. The van der Waals surface area contributed by atoms with E-state index in [9.17, 15) is 22.8 Å². The summed E-state index contributed by atoms with van der Waals surface area (Å²) < 4.78 is 37.8. The topological polar surface area (TPSA) is 70.8 Å². The fourth-order valence-corrected chi connectivity index (χ4v) is 1.63. The van der Waals surface area contributed by atoms with Crippen LogP contribution in [0.2, 0.25) is 0 Å². The summed E-state index contributed by atoms with van der Waals surface area (Å²) in [6, 6.07) is 4.54. The molecule has 0 aliphatic rings. The second-order valence-corrected chi connectivity index (χ2v) is 3.67.